The van der Waals surface area contributed by atoms with Crippen LogP contribution in [0.25, 0.3) is 0 Å². The van der Waals surface area contributed by atoms with Crippen LogP contribution in [-0.2, 0) is 0 Å². The summed E-state index contributed by atoms with van der Waals surface area (Å²) < 4.78 is 10.5. The highest BCUT2D eigenvalue weighted by Gasteiger charge is 2.11. The maximum absolute atomic E-state index is 5.83. The van der Waals surface area contributed by atoms with E-state index >= 15 is 0 Å². The van der Waals surface area contributed by atoms with Crippen LogP contribution in [0.15, 0.2) is 12.1 Å². The van der Waals surface area contributed by atoms with Crippen LogP contribution in [0, 0.1) is 6.92 Å². The normalized spacial score (nSPS) is 12.4. The maximum Gasteiger partial charge on any atom is 0.124 e. The highest BCUT2D eigenvalue weighted by Crippen LogP contribution is 2.31. The molecule has 0 aromatic heterocycles. The van der Waals surface area contributed by atoms with Gasteiger partial charge in [-0.3, -0.25) is 0 Å². The molecule has 0 fully saturated rings. The molecule has 0 spiro atoms. The van der Waals surface area contributed by atoms with E-state index in [0.29, 0.717) is 0 Å². The SMILES string of the molecule is COc1cc(C(C)N)c(OC)cc1C. The van der Waals surface area contributed by atoms with Crippen LogP contribution in [0.3, 0.4) is 0 Å². The fraction of sp³-hybridized carbons (Fsp3) is 0.455. The molecule has 0 bridgehead atoms. The molecule has 1 aromatic rings. The summed E-state index contributed by atoms with van der Waals surface area (Å²) in [6.45, 7) is 3.90. The number of aryl methyl sites for hydroxylation is 1. The number of nitrogens with two attached hydrogens (primary N) is 1. The van der Waals surface area contributed by atoms with Crippen LogP contribution in [0.2, 0.25) is 0 Å². The van der Waals surface area contributed by atoms with E-state index in [2.05, 4.69) is 0 Å². The first kappa shape index (κ1) is 10.9. The molecule has 1 aromatic carbocycles. The van der Waals surface area contributed by atoms with Crippen molar-refractivity contribution in [2.45, 2.75) is 19.9 Å². The number of methoxy groups -OCH3 is 2. The Labute approximate surface area is 84.8 Å². The summed E-state index contributed by atoms with van der Waals surface area (Å²) in [6.07, 6.45) is 0. The summed E-state index contributed by atoms with van der Waals surface area (Å²) in [5.74, 6) is 1.66. The zero-order chi connectivity index (χ0) is 10.7. The molecule has 0 aliphatic rings. The third kappa shape index (κ3) is 1.99. The third-order valence-corrected chi connectivity index (χ3v) is 2.24. The van der Waals surface area contributed by atoms with Crippen molar-refractivity contribution in [3.05, 3.63) is 23.3 Å². The Morgan fingerprint density at radius 3 is 2.14 bits per heavy atom. The lowest BCUT2D eigenvalue weighted by Gasteiger charge is -2.15. The molecule has 1 atom stereocenters. The second-order valence-electron chi connectivity index (χ2n) is 3.35. The Hall–Kier alpha value is -1.22. The van der Waals surface area contributed by atoms with E-state index in [9.17, 15) is 0 Å². The molecule has 3 heteroatoms. The Morgan fingerprint density at radius 1 is 1.14 bits per heavy atom. The molecule has 3 nitrogen and oxygen atoms in total. The predicted octanol–water partition coefficient (Wildman–Crippen LogP) is 2.03. The lowest BCUT2D eigenvalue weighted by Crippen LogP contribution is -2.07. The predicted molar refractivity (Wildman–Crippen MR) is 56.9 cm³/mol. The van der Waals surface area contributed by atoms with Crippen molar-refractivity contribution in [1.82, 2.24) is 0 Å². The van der Waals surface area contributed by atoms with E-state index in [4.69, 9.17) is 15.2 Å². The summed E-state index contributed by atoms with van der Waals surface area (Å²) in [6, 6.07) is 3.82. The van der Waals surface area contributed by atoms with Crippen molar-refractivity contribution in [2.75, 3.05) is 14.2 Å². The molecular weight excluding hydrogens is 178 g/mol. The number of hydrogen-bond donors (Lipinski definition) is 1. The Morgan fingerprint density at radius 2 is 1.71 bits per heavy atom. The average Bonchev–Trinajstić information content (AvgIpc) is 2.16. The second kappa shape index (κ2) is 4.33. The molecule has 0 amide bonds. The molecule has 2 N–H and O–H groups in total. The van der Waals surface area contributed by atoms with Gasteiger partial charge in [0.15, 0.2) is 0 Å². The Bertz CT molecular complexity index is 321. The van der Waals surface area contributed by atoms with Crippen LogP contribution in [0.5, 0.6) is 11.5 Å². The number of hydrogen-bond acceptors (Lipinski definition) is 3. The molecule has 0 saturated carbocycles. The van der Waals surface area contributed by atoms with Crippen LogP contribution in [0.1, 0.15) is 24.1 Å². The Kier molecular flexibility index (Phi) is 3.36. The van der Waals surface area contributed by atoms with Crippen molar-refractivity contribution in [2.24, 2.45) is 5.73 Å². The highest BCUT2D eigenvalue weighted by molar-refractivity contribution is 5.47. The third-order valence-electron chi connectivity index (χ3n) is 2.24. The fourth-order valence-corrected chi connectivity index (χ4v) is 1.43. The van der Waals surface area contributed by atoms with Gasteiger partial charge >= 0.3 is 0 Å². The Balaban J connectivity index is 3.25. The molecule has 14 heavy (non-hydrogen) atoms. The van der Waals surface area contributed by atoms with E-state index in [0.717, 1.165) is 22.6 Å². The summed E-state index contributed by atoms with van der Waals surface area (Å²) in [7, 11) is 3.30. The molecule has 0 heterocycles. The maximum atomic E-state index is 5.83. The quantitative estimate of drug-likeness (QED) is 0.802. The highest BCUT2D eigenvalue weighted by atomic mass is 16.5. The van der Waals surface area contributed by atoms with Crippen molar-refractivity contribution in [1.29, 1.82) is 0 Å². The largest absolute Gasteiger partial charge is 0.496 e. The minimum absolute atomic E-state index is 0.0561. The van der Waals surface area contributed by atoms with E-state index in [1.807, 2.05) is 26.0 Å². The van der Waals surface area contributed by atoms with Gasteiger partial charge in [-0.2, -0.15) is 0 Å². The van der Waals surface area contributed by atoms with Crippen LogP contribution in [0.4, 0.5) is 0 Å². The number of benzene rings is 1. The van der Waals surface area contributed by atoms with Gasteiger partial charge in [-0.25, -0.2) is 0 Å². The van der Waals surface area contributed by atoms with E-state index in [1.165, 1.54) is 0 Å². The first-order valence-corrected chi connectivity index (χ1v) is 4.58. The average molecular weight is 195 g/mol. The van der Waals surface area contributed by atoms with Gasteiger partial charge in [-0.1, -0.05) is 0 Å². The van der Waals surface area contributed by atoms with Crippen LogP contribution in [-0.4, -0.2) is 14.2 Å². The molecule has 0 saturated heterocycles. The van der Waals surface area contributed by atoms with Gasteiger partial charge < -0.3 is 15.2 Å². The van der Waals surface area contributed by atoms with Gasteiger partial charge in [-0.15, -0.1) is 0 Å². The minimum atomic E-state index is -0.0561. The van der Waals surface area contributed by atoms with Gasteiger partial charge in [0.25, 0.3) is 0 Å². The summed E-state index contributed by atoms with van der Waals surface area (Å²) in [4.78, 5) is 0. The fourth-order valence-electron chi connectivity index (χ4n) is 1.43. The second-order valence-corrected chi connectivity index (χ2v) is 3.35. The zero-order valence-electron chi connectivity index (χ0n) is 9.13. The monoisotopic (exact) mass is 195 g/mol. The molecule has 1 rings (SSSR count). The van der Waals surface area contributed by atoms with Crippen molar-refractivity contribution < 1.29 is 9.47 Å². The minimum Gasteiger partial charge on any atom is -0.496 e. The number of rotatable bonds is 3. The molecular formula is C11H17NO2. The van der Waals surface area contributed by atoms with Crippen molar-refractivity contribution in [3.8, 4) is 11.5 Å². The van der Waals surface area contributed by atoms with Gasteiger partial charge in [0.05, 0.1) is 14.2 Å². The van der Waals surface area contributed by atoms with Crippen molar-refractivity contribution >= 4 is 0 Å². The van der Waals surface area contributed by atoms with E-state index in [1.54, 1.807) is 14.2 Å². The zero-order valence-corrected chi connectivity index (χ0v) is 9.13. The number of ether oxygens (including phenoxy) is 2. The summed E-state index contributed by atoms with van der Waals surface area (Å²) in [5, 5.41) is 0. The van der Waals surface area contributed by atoms with Gasteiger partial charge in [0.1, 0.15) is 11.5 Å². The topological polar surface area (TPSA) is 44.5 Å². The van der Waals surface area contributed by atoms with E-state index < -0.39 is 0 Å². The van der Waals surface area contributed by atoms with Gasteiger partial charge in [0, 0.05) is 11.6 Å². The van der Waals surface area contributed by atoms with Crippen LogP contribution < -0.4 is 15.2 Å². The smallest absolute Gasteiger partial charge is 0.124 e. The van der Waals surface area contributed by atoms with Crippen LogP contribution >= 0.6 is 0 Å². The molecule has 0 radical (unpaired) electrons. The van der Waals surface area contributed by atoms with Gasteiger partial charge in [0.2, 0.25) is 0 Å². The van der Waals surface area contributed by atoms with E-state index in [-0.39, 0.29) is 6.04 Å². The molecule has 1 unspecified atom stereocenters. The lowest BCUT2D eigenvalue weighted by atomic mass is 10.0. The summed E-state index contributed by atoms with van der Waals surface area (Å²) >= 11 is 0. The molecule has 0 aliphatic carbocycles. The first-order chi connectivity index (χ1) is 6.60. The summed E-state index contributed by atoms with van der Waals surface area (Å²) in [5.41, 5.74) is 7.85. The van der Waals surface area contributed by atoms with Gasteiger partial charge in [-0.05, 0) is 31.5 Å². The molecule has 0 aliphatic heterocycles. The molecule has 78 valence electrons. The van der Waals surface area contributed by atoms with Crippen molar-refractivity contribution in [3.63, 3.8) is 0 Å². The first-order valence-electron chi connectivity index (χ1n) is 4.58. The standard InChI is InChI=1S/C11H17NO2/c1-7-5-11(14-4)9(8(2)12)6-10(7)13-3/h5-6,8H,12H2,1-4H3. The lowest BCUT2D eigenvalue weighted by molar-refractivity contribution is 0.394.